The van der Waals surface area contributed by atoms with Crippen molar-refractivity contribution >= 4 is 55.7 Å². The zero-order chi connectivity index (χ0) is 39.7. The second kappa shape index (κ2) is 20.2. The summed E-state index contributed by atoms with van der Waals surface area (Å²) >= 11 is 6.56. The van der Waals surface area contributed by atoms with E-state index in [1.807, 2.05) is 0 Å². The van der Waals surface area contributed by atoms with Crippen LogP contribution in [0.1, 0.15) is 93.9 Å². The Hall–Kier alpha value is -3.04. The average Bonchev–Trinajstić information content (AvgIpc) is 3.52. The van der Waals surface area contributed by atoms with Gasteiger partial charge in [0.25, 0.3) is 0 Å². The molecule has 0 radical (unpaired) electrons. The molecule has 2 aliphatic carbocycles. The molecule has 2 saturated carbocycles. The lowest BCUT2D eigenvalue weighted by molar-refractivity contribution is -0.183. The van der Waals surface area contributed by atoms with Gasteiger partial charge in [-0.05, 0) is 131 Å². The molecule has 10 atom stereocenters. The Bertz CT molecular complexity index is 1470. The zero-order valence-electron chi connectivity index (χ0n) is 32.4. The van der Waals surface area contributed by atoms with E-state index in [0.717, 1.165) is 38.5 Å². The van der Waals surface area contributed by atoms with E-state index in [-0.39, 0.29) is 34.4 Å². The smallest absolute Gasteiger partial charge is 0.349 e. The third kappa shape index (κ3) is 11.7. The van der Waals surface area contributed by atoms with E-state index in [9.17, 15) is 19.2 Å². The van der Waals surface area contributed by atoms with E-state index in [2.05, 4.69) is 108 Å². The Morgan fingerprint density at radius 2 is 1.06 bits per heavy atom. The molecule has 2 heterocycles. The van der Waals surface area contributed by atoms with Gasteiger partial charge < -0.3 is 39.1 Å². The number of hydrogen-bond acceptors (Lipinski definition) is 12. The maximum absolute atomic E-state index is 12.7. The van der Waals surface area contributed by atoms with Gasteiger partial charge in [0, 0.05) is 0 Å². The average molecular weight is 883 g/mol. The lowest BCUT2D eigenvalue weighted by Crippen LogP contribution is -2.42. The van der Waals surface area contributed by atoms with Crippen molar-refractivity contribution in [3.63, 3.8) is 0 Å². The molecule has 4 aliphatic rings. The van der Waals surface area contributed by atoms with Gasteiger partial charge >= 0.3 is 23.9 Å². The van der Waals surface area contributed by atoms with Crippen molar-refractivity contribution in [2.45, 2.75) is 131 Å². The first kappa shape index (κ1) is 43.7. The highest BCUT2D eigenvalue weighted by atomic mass is 79.9. The molecule has 2 N–H and O–H groups in total. The van der Waals surface area contributed by atoms with E-state index in [4.69, 9.17) is 28.4 Å². The van der Waals surface area contributed by atoms with Crippen LogP contribution in [-0.2, 0) is 47.6 Å². The molecule has 0 saturated heterocycles. The van der Waals surface area contributed by atoms with Gasteiger partial charge in [0.15, 0.2) is 13.2 Å². The van der Waals surface area contributed by atoms with Crippen LogP contribution in [0, 0.1) is 59.2 Å². The number of carbonyl (C=O) groups is 4. The number of ether oxygens (including phenoxy) is 6. The van der Waals surface area contributed by atoms with Crippen LogP contribution in [0.4, 0.5) is 0 Å². The third-order valence-electron chi connectivity index (χ3n) is 10.5. The fourth-order valence-electron chi connectivity index (χ4n) is 7.37. The van der Waals surface area contributed by atoms with Crippen molar-refractivity contribution in [1.29, 1.82) is 0 Å². The molecule has 0 unspecified atom stereocenters. The van der Waals surface area contributed by atoms with Crippen molar-refractivity contribution in [3.8, 4) is 23.7 Å². The Balaban J connectivity index is 1.20. The largest absolute Gasteiger partial charge is 0.451 e. The molecule has 54 heavy (non-hydrogen) atoms. The van der Waals surface area contributed by atoms with E-state index >= 15 is 0 Å². The Morgan fingerprint density at radius 3 is 1.41 bits per heavy atom. The van der Waals surface area contributed by atoms with Crippen molar-refractivity contribution in [2.75, 3.05) is 13.2 Å². The Morgan fingerprint density at radius 1 is 0.685 bits per heavy atom. The fraction of sp³-hybridized carbons (Fsp3) is 0.700. The first-order valence-corrected chi connectivity index (χ1v) is 20.5. The summed E-state index contributed by atoms with van der Waals surface area (Å²) in [6.45, 7) is 15.8. The van der Waals surface area contributed by atoms with Gasteiger partial charge in [0.2, 0.25) is 12.6 Å². The van der Waals surface area contributed by atoms with Gasteiger partial charge in [-0.2, -0.15) is 0 Å². The molecule has 0 aromatic rings. The summed E-state index contributed by atoms with van der Waals surface area (Å²) in [4.78, 5) is 50.2. The third-order valence-corrected chi connectivity index (χ3v) is 12.0. The molecule has 0 aromatic carbocycles. The fourth-order valence-corrected chi connectivity index (χ4v) is 8.16. The number of halogens is 2. The van der Waals surface area contributed by atoms with Gasteiger partial charge in [-0.25, -0.2) is 19.2 Å². The van der Waals surface area contributed by atoms with Gasteiger partial charge in [-0.3, -0.25) is 0 Å². The van der Waals surface area contributed by atoms with E-state index < -0.39 is 48.5 Å². The summed E-state index contributed by atoms with van der Waals surface area (Å²) in [5.41, 5.74) is 0.690. The normalized spacial score (nSPS) is 29.4. The Kier molecular flexibility index (Phi) is 16.4. The highest BCUT2D eigenvalue weighted by molar-refractivity contribution is 9.12. The standard InChI is InChI=1S/C40H54Br2N2O10/c1-21(2)27-15-13-23(5)19-29(27)51-39-33(31(41)37(47)53-39)43-25(7)35(45)49-17-11-9-10-12-18-50-36(46)26(8)44-34-32(42)38(48)54-40(34)52-30-20-24(6)14-16-28(30)22(3)4/h21-30,39-40,43-44H,13-20H2,1-8H3/t23-,24-,25+,26+,27+,28+,29-,30-,39+,40+/m1/s1. The number of carbonyl (C=O) groups excluding carboxylic acids is 4. The summed E-state index contributed by atoms with van der Waals surface area (Å²) in [5, 5.41) is 6.04. The molecule has 0 spiro atoms. The van der Waals surface area contributed by atoms with Crippen LogP contribution < -0.4 is 10.6 Å². The van der Waals surface area contributed by atoms with Crippen LogP contribution in [0.3, 0.4) is 0 Å². The minimum absolute atomic E-state index is 0.0798. The quantitative estimate of drug-likeness (QED) is 0.120. The highest BCUT2D eigenvalue weighted by Gasteiger charge is 2.42. The maximum Gasteiger partial charge on any atom is 0.349 e. The summed E-state index contributed by atoms with van der Waals surface area (Å²) in [5.74, 6) is 10.6. The molecule has 2 aliphatic heterocycles. The molecule has 2 fully saturated rings. The van der Waals surface area contributed by atoms with Crippen molar-refractivity contribution in [3.05, 3.63) is 20.4 Å². The molecule has 14 heteroatoms. The predicted octanol–water partition coefficient (Wildman–Crippen LogP) is 5.97. The lowest BCUT2D eigenvalue weighted by Gasteiger charge is -2.38. The van der Waals surface area contributed by atoms with E-state index in [1.165, 1.54) is 0 Å². The minimum atomic E-state index is -0.958. The van der Waals surface area contributed by atoms with Crippen LogP contribution in [-0.4, -0.2) is 74.0 Å². The second-order valence-corrected chi connectivity index (χ2v) is 17.1. The molecule has 12 nitrogen and oxygen atoms in total. The maximum atomic E-state index is 12.7. The first-order chi connectivity index (χ1) is 25.6. The number of cyclic esters (lactones) is 2. The molecule has 0 aromatic heterocycles. The SMILES string of the molecule is CC(C)[C@@H]1CC[C@@H](C)C[C@H]1O[C@H]1OC(=O)C(Br)=C1N[C@@H](C)C(=O)OCC#CC#CCOC(=O)[C@H](C)NC1=C(Br)C(=O)O[C@@H]1O[C@@H]1C[C@H](C)CC[C@H]1C(C)C. The molecule has 0 bridgehead atoms. The number of esters is 4. The minimum Gasteiger partial charge on any atom is -0.451 e. The van der Waals surface area contributed by atoms with Gasteiger partial charge in [0.05, 0.1) is 12.2 Å². The van der Waals surface area contributed by atoms with Crippen LogP contribution in [0.5, 0.6) is 0 Å². The van der Waals surface area contributed by atoms with E-state index in [1.54, 1.807) is 13.8 Å². The van der Waals surface area contributed by atoms with Crippen LogP contribution in [0.15, 0.2) is 20.4 Å². The topological polar surface area (TPSA) is 148 Å². The van der Waals surface area contributed by atoms with Crippen molar-refractivity contribution in [1.82, 2.24) is 10.6 Å². The predicted molar refractivity (Wildman–Crippen MR) is 207 cm³/mol. The van der Waals surface area contributed by atoms with E-state index in [0.29, 0.717) is 46.9 Å². The van der Waals surface area contributed by atoms with Gasteiger partial charge in [-0.1, -0.05) is 54.4 Å². The second-order valence-electron chi connectivity index (χ2n) is 15.5. The summed E-state index contributed by atoms with van der Waals surface area (Å²) < 4.78 is 34.5. The molecule has 298 valence electrons. The van der Waals surface area contributed by atoms with Crippen LogP contribution in [0.25, 0.3) is 0 Å². The molecular weight excluding hydrogens is 828 g/mol. The lowest BCUT2D eigenvalue weighted by atomic mass is 9.75. The van der Waals surface area contributed by atoms with Crippen LogP contribution in [0.2, 0.25) is 0 Å². The van der Waals surface area contributed by atoms with Gasteiger partial charge in [-0.15, -0.1) is 0 Å². The number of hydrogen-bond donors (Lipinski definition) is 2. The molecular formula is C40H54Br2N2O10. The summed E-state index contributed by atoms with van der Waals surface area (Å²) in [6.07, 6.45) is 4.01. The number of nitrogens with one attached hydrogen (secondary N) is 2. The molecule has 0 amide bonds. The summed E-state index contributed by atoms with van der Waals surface area (Å²) in [7, 11) is 0. The summed E-state index contributed by atoms with van der Waals surface area (Å²) in [6, 6.07) is -1.66. The first-order valence-electron chi connectivity index (χ1n) is 18.9. The zero-order valence-corrected chi connectivity index (χ0v) is 35.6. The van der Waals surface area contributed by atoms with Crippen LogP contribution >= 0.6 is 31.9 Å². The van der Waals surface area contributed by atoms with Crippen molar-refractivity contribution < 1.29 is 47.6 Å². The molecule has 4 rings (SSSR count). The van der Waals surface area contributed by atoms with Crippen molar-refractivity contribution in [2.24, 2.45) is 35.5 Å². The monoisotopic (exact) mass is 880 g/mol. The highest BCUT2D eigenvalue weighted by Crippen LogP contribution is 2.39. The number of rotatable bonds is 14. The Labute approximate surface area is 336 Å². The van der Waals surface area contributed by atoms with Gasteiger partial charge in [0.1, 0.15) is 32.4 Å².